The van der Waals surface area contributed by atoms with E-state index >= 15 is 0 Å². The second-order valence-electron chi connectivity index (χ2n) is 6.39. The molecule has 2 nitrogen and oxygen atoms in total. The highest BCUT2D eigenvalue weighted by molar-refractivity contribution is 5.77. The summed E-state index contributed by atoms with van der Waals surface area (Å²) in [6.07, 6.45) is 0. The molecule has 0 aromatic heterocycles. The first-order valence-corrected chi connectivity index (χ1v) is 8.19. The molecule has 0 saturated carbocycles. The van der Waals surface area contributed by atoms with Crippen molar-refractivity contribution < 1.29 is 5.11 Å². The van der Waals surface area contributed by atoms with Crippen LogP contribution in [0.4, 0.5) is 17.1 Å². The maximum Gasteiger partial charge on any atom is 0.115 e. The Morgan fingerprint density at radius 3 is 1.38 bits per heavy atom. The van der Waals surface area contributed by atoms with Crippen LogP contribution in [-0.4, -0.2) is 5.11 Å². The number of phenolic OH excluding ortho intramolecular Hbond substituents is 1. The first-order valence-electron chi connectivity index (χ1n) is 8.19. The van der Waals surface area contributed by atoms with Gasteiger partial charge in [0.25, 0.3) is 0 Å². The van der Waals surface area contributed by atoms with E-state index in [1.54, 1.807) is 12.1 Å². The second-order valence-corrected chi connectivity index (χ2v) is 6.39. The molecule has 3 aromatic carbocycles. The third-order valence-electron chi connectivity index (χ3n) is 4.61. The molecule has 3 rings (SSSR count). The van der Waals surface area contributed by atoms with Crippen molar-refractivity contribution in [2.24, 2.45) is 0 Å². The molecule has 0 aliphatic carbocycles. The predicted molar refractivity (Wildman–Crippen MR) is 102 cm³/mol. The summed E-state index contributed by atoms with van der Waals surface area (Å²) in [6.45, 7) is 8.52. The molecule has 122 valence electrons. The van der Waals surface area contributed by atoms with Gasteiger partial charge >= 0.3 is 0 Å². The first kappa shape index (κ1) is 16.1. The van der Waals surface area contributed by atoms with Gasteiger partial charge in [-0.05, 0) is 98.5 Å². The molecule has 1 N–H and O–H groups in total. The number of hydrogen-bond acceptors (Lipinski definition) is 2. The number of anilines is 3. The normalized spacial score (nSPS) is 10.7. The summed E-state index contributed by atoms with van der Waals surface area (Å²) in [7, 11) is 0. The summed E-state index contributed by atoms with van der Waals surface area (Å²) in [5, 5.41) is 9.62. The molecule has 0 atom stereocenters. The number of phenols is 1. The first-order chi connectivity index (χ1) is 11.5. The molecule has 0 aliphatic heterocycles. The van der Waals surface area contributed by atoms with Crippen LogP contribution >= 0.6 is 0 Å². The fourth-order valence-electron chi connectivity index (χ4n) is 2.78. The number of aromatic hydroxyl groups is 1. The summed E-state index contributed by atoms with van der Waals surface area (Å²) >= 11 is 0. The molecular formula is C22H23NO. The Morgan fingerprint density at radius 1 is 0.542 bits per heavy atom. The lowest BCUT2D eigenvalue weighted by atomic mass is 10.1. The van der Waals surface area contributed by atoms with Crippen LogP contribution in [0.25, 0.3) is 0 Å². The minimum Gasteiger partial charge on any atom is -0.508 e. The topological polar surface area (TPSA) is 23.5 Å². The zero-order chi connectivity index (χ0) is 17.3. The Hall–Kier alpha value is -2.74. The minimum absolute atomic E-state index is 0.277. The molecule has 0 unspecified atom stereocenters. The molecule has 0 saturated heterocycles. The van der Waals surface area contributed by atoms with E-state index in [2.05, 4.69) is 69.0 Å². The number of hydrogen-bond donors (Lipinski definition) is 1. The molecule has 0 amide bonds. The molecule has 0 aliphatic rings. The lowest BCUT2D eigenvalue weighted by Gasteiger charge is -2.26. The molecule has 0 heterocycles. The van der Waals surface area contributed by atoms with Crippen molar-refractivity contribution in [1.29, 1.82) is 0 Å². The van der Waals surface area contributed by atoms with E-state index in [0.29, 0.717) is 0 Å². The van der Waals surface area contributed by atoms with Crippen molar-refractivity contribution in [3.8, 4) is 5.75 Å². The lowest BCUT2D eigenvalue weighted by molar-refractivity contribution is 0.475. The molecule has 2 heteroatoms. The molecule has 24 heavy (non-hydrogen) atoms. The van der Waals surface area contributed by atoms with Crippen LogP contribution in [0, 0.1) is 27.7 Å². The van der Waals surface area contributed by atoms with Crippen LogP contribution in [0.2, 0.25) is 0 Å². The SMILES string of the molecule is Cc1ccc(N(c2ccc(O)cc2)c2ccc(C)c(C)c2)cc1C. The standard InChI is InChI=1S/C22H23NO/c1-15-5-7-20(13-17(15)3)23(19-9-11-22(24)12-10-19)21-8-6-16(2)18(4)14-21/h5-14,24H,1-4H3. The molecule has 0 spiro atoms. The van der Waals surface area contributed by atoms with Crippen LogP contribution in [0.15, 0.2) is 60.7 Å². The Labute approximate surface area is 144 Å². The Balaban J connectivity index is 2.17. The lowest BCUT2D eigenvalue weighted by Crippen LogP contribution is -2.10. The van der Waals surface area contributed by atoms with Crippen molar-refractivity contribution in [2.45, 2.75) is 27.7 Å². The minimum atomic E-state index is 0.277. The summed E-state index contributed by atoms with van der Waals surface area (Å²) in [5.74, 6) is 0.277. The third kappa shape index (κ3) is 3.13. The van der Waals surface area contributed by atoms with Gasteiger partial charge in [0.2, 0.25) is 0 Å². The number of benzene rings is 3. The monoisotopic (exact) mass is 317 g/mol. The zero-order valence-electron chi connectivity index (χ0n) is 14.7. The van der Waals surface area contributed by atoms with E-state index in [4.69, 9.17) is 0 Å². The summed E-state index contributed by atoms with van der Waals surface area (Å²) in [4.78, 5) is 2.22. The highest BCUT2D eigenvalue weighted by Gasteiger charge is 2.13. The van der Waals surface area contributed by atoms with Crippen molar-refractivity contribution in [3.05, 3.63) is 82.9 Å². The Kier molecular flexibility index (Phi) is 4.30. The Morgan fingerprint density at radius 2 is 0.958 bits per heavy atom. The van der Waals surface area contributed by atoms with Gasteiger partial charge < -0.3 is 10.0 Å². The molecule has 0 bridgehead atoms. The predicted octanol–water partition coefficient (Wildman–Crippen LogP) is 6.10. The van der Waals surface area contributed by atoms with Crippen LogP contribution in [0.5, 0.6) is 5.75 Å². The van der Waals surface area contributed by atoms with Crippen LogP contribution < -0.4 is 4.90 Å². The van der Waals surface area contributed by atoms with E-state index in [1.165, 1.54) is 22.3 Å². The van der Waals surface area contributed by atoms with Crippen LogP contribution in [-0.2, 0) is 0 Å². The fraction of sp³-hybridized carbons (Fsp3) is 0.182. The van der Waals surface area contributed by atoms with Crippen LogP contribution in [0.1, 0.15) is 22.3 Å². The van der Waals surface area contributed by atoms with Gasteiger partial charge in [-0.15, -0.1) is 0 Å². The molecule has 3 aromatic rings. The second kappa shape index (κ2) is 6.40. The summed E-state index contributed by atoms with van der Waals surface area (Å²) < 4.78 is 0. The van der Waals surface area contributed by atoms with Gasteiger partial charge in [0.1, 0.15) is 5.75 Å². The third-order valence-corrected chi connectivity index (χ3v) is 4.61. The van der Waals surface area contributed by atoms with Crippen molar-refractivity contribution in [2.75, 3.05) is 4.90 Å². The molecule has 0 radical (unpaired) electrons. The Bertz CT molecular complexity index is 814. The quantitative estimate of drug-likeness (QED) is 0.631. The highest BCUT2D eigenvalue weighted by Crippen LogP contribution is 2.36. The van der Waals surface area contributed by atoms with Crippen molar-refractivity contribution in [3.63, 3.8) is 0 Å². The van der Waals surface area contributed by atoms with Crippen LogP contribution in [0.3, 0.4) is 0 Å². The molecular weight excluding hydrogens is 294 g/mol. The number of nitrogens with zero attached hydrogens (tertiary/aromatic N) is 1. The van der Waals surface area contributed by atoms with E-state index in [-0.39, 0.29) is 5.75 Å². The largest absolute Gasteiger partial charge is 0.508 e. The summed E-state index contributed by atoms with van der Waals surface area (Å²) in [5.41, 5.74) is 8.35. The fourth-order valence-corrected chi connectivity index (χ4v) is 2.78. The number of rotatable bonds is 3. The van der Waals surface area contributed by atoms with Gasteiger partial charge in [0.05, 0.1) is 0 Å². The van der Waals surface area contributed by atoms with Gasteiger partial charge in [0, 0.05) is 17.1 Å². The smallest absolute Gasteiger partial charge is 0.115 e. The molecule has 0 fully saturated rings. The van der Waals surface area contributed by atoms with Crippen molar-refractivity contribution in [1.82, 2.24) is 0 Å². The van der Waals surface area contributed by atoms with Gasteiger partial charge in [-0.3, -0.25) is 0 Å². The maximum absolute atomic E-state index is 9.62. The maximum atomic E-state index is 9.62. The van der Waals surface area contributed by atoms with Gasteiger partial charge in [0.15, 0.2) is 0 Å². The average Bonchev–Trinajstić information content (AvgIpc) is 2.56. The number of aryl methyl sites for hydroxylation is 4. The van der Waals surface area contributed by atoms with Gasteiger partial charge in [-0.2, -0.15) is 0 Å². The highest BCUT2D eigenvalue weighted by atomic mass is 16.3. The van der Waals surface area contributed by atoms with Crippen molar-refractivity contribution >= 4 is 17.1 Å². The van der Waals surface area contributed by atoms with E-state index in [0.717, 1.165) is 17.1 Å². The van der Waals surface area contributed by atoms with E-state index in [9.17, 15) is 5.11 Å². The van der Waals surface area contributed by atoms with E-state index < -0.39 is 0 Å². The van der Waals surface area contributed by atoms with E-state index in [1.807, 2.05) is 12.1 Å². The summed E-state index contributed by atoms with van der Waals surface area (Å²) in [6, 6.07) is 20.3. The zero-order valence-corrected chi connectivity index (χ0v) is 14.7. The average molecular weight is 317 g/mol. The van der Waals surface area contributed by atoms with Gasteiger partial charge in [-0.1, -0.05) is 12.1 Å². The van der Waals surface area contributed by atoms with Gasteiger partial charge in [-0.25, -0.2) is 0 Å².